The number of piperazine rings is 1. The van der Waals surface area contributed by atoms with Gasteiger partial charge in [0.25, 0.3) is 0 Å². The molecule has 2 rings (SSSR count). The molecule has 1 aromatic rings. The van der Waals surface area contributed by atoms with Crippen molar-refractivity contribution in [2.45, 2.75) is 44.8 Å². The molecule has 0 aliphatic carbocycles. The number of nitrogens with zero attached hydrogens (tertiary/aromatic N) is 1. The van der Waals surface area contributed by atoms with Crippen LogP contribution in [-0.2, 0) is 6.18 Å². The molecule has 0 saturated carbocycles. The fraction of sp³-hybridized carbons (Fsp3) is 0.647. The molecule has 1 aliphatic rings. The number of halogens is 4. The Kier molecular flexibility index (Phi) is 6.41. The van der Waals surface area contributed by atoms with E-state index in [2.05, 4.69) is 17.1 Å². The molecule has 1 atom stereocenters. The fourth-order valence-corrected chi connectivity index (χ4v) is 3.23. The third-order valence-electron chi connectivity index (χ3n) is 4.36. The zero-order chi connectivity index (χ0) is 16.9. The molecule has 6 heteroatoms. The summed E-state index contributed by atoms with van der Waals surface area (Å²) in [6.45, 7) is 4.93. The summed E-state index contributed by atoms with van der Waals surface area (Å²) in [5, 5.41) is 3.21. The first kappa shape index (κ1) is 18.2. The Hall–Kier alpha value is -1.14. The summed E-state index contributed by atoms with van der Waals surface area (Å²) in [5.41, 5.74) is -1.02. The SMILES string of the molecule is CCCCC[C@@H](c1cccc(F)c1C(F)(F)F)N1CCNCC1. The maximum atomic E-state index is 13.9. The molecule has 1 heterocycles. The Morgan fingerprint density at radius 2 is 1.87 bits per heavy atom. The number of unbranched alkanes of at least 4 members (excludes halogenated alkanes) is 2. The second kappa shape index (κ2) is 8.11. The third-order valence-corrected chi connectivity index (χ3v) is 4.36. The summed E-state index contributed by atoms with van der Waals surface area (Å²) in [6, 6.07) is 3.34. The zero-order valence-corrected chi connectivity index (χ0v) is 13.4. The van der Waals surface area contributed by atoms with Crippen LogP contribution in [0.3, 0.4) is 0 Å². The summed E-state index contributed by atoms with van der Waals surface area (Å²) in [5.74, 6) is -1.18. The van der Waals surface area contributed by atoms with Crippen molar-refractivity contribution >= 4 is 0 Å². The minimum atomic E-state index is -4.67. The van der Waals surface area contributed by atoms with Gasteiger partial charge in [0.2, 0.25) is 0 Å². The smallest absolute Gasteiger partial charge is 0.314 e. The number of hydrogen-bond acceptors (Lipinski definition) is 2. The highest BCUT2D eigenvalue weighted by Gasteiger charge is 2.39. The van der Waals surface area contributed by atoms with Gasteiger partial charge in [-0.3, -0.25) is 4.90 Å². The van der Waals surface area contributed by atoms with E-state index in [1.54, 1.807) is 0 Å². The molecule has 2 nitrogen and oxygen atoms in total. The number of hydrogen-bond donors (Lipinski definition) is 1. The van der Waals surface area contributed by atoms with Crippen LogP contribution >= 0.6 is 0 Å². The van der Waals surface area contributed by atoms with Gasteiger partial charge in [0, 0.05) is 32.2 Å². The highest BCUT2D eigenvalue weighted by atomic mass is 19.4. The lowest BCUT2D eigenvalue weighted by molar-refractivity contribution is -0.141. The first-order chi connectivity index (χ1) is 10.9. The second-order valence-electron chi connectivity index (χ2n) is 6.00. The van der Waals surface area contributed by atoms with E-state index in [4.69, 9.17) is 0 Å². The van der Waals surface area contributed by atoms with Gasteiger partial charge < -0.3 is 5.32 Å². The molecule has 0 spiro atoms. The van der Waals surface area contributed by atoms with Crippen LogP contribution in [-0.4, -0.2) is 31.1 Å². The van der Waals surface area contributed by atoms with Crippen LogP contribution in [0.5, 0.6) is 0 Å². The normalized spacial score (nSPS) is 18.1. The van der Waals surface area contributed by atoms with Crippen molar-refractivity contribution in [1.29, 1.82) is 0 Å². The molecule has 1 N–H and O–H groups in total. The Bertz CT molecular complexity index is 496. The first-order valence-electron chi connectivity index (χ1n) is 8.25. The van der Waals surface area contributed by atoms with E-state index in [-0.39, 0.29) is 11.6 Å². The predicted molar refractivity (Wildman–Crippen MR) is 82.7 cm³/mol. The molecular weight excluding hydrogens is 308 g/mol. The summed E-state index contributed by atoms with van der Waals surface area (Å²) >= 11 is 0. The topological polar surface area (TPSA) is 15.3 Å². The fourth-order valence-electron chi connectivity index (χ4n) is 3.23. The lowest BCUT2D eigenvalue weighted by atomic mass is 9.93. The van der Waals surface area contributed by atoms with E-state index in [0.717, 1.165) is 38.4 Å². The van der Waals surface area contributed by atoms with Crippen LogP contribution in [0, 0.1) is 5.82 Å². The Morgan fingerprint density at radius 3 is 2.48 bits per heavy atom. The van der Waals surface area contributed by atoms with Crippen LogP contribution < -0.4 is 5.32 Å². The largest absolute Gasteiger partial charge is 0.419 e. The van der Waals surface area contributed by atoms with Crippen LogP contribution in [0.15, 0.2) is 18.2 Å². The van der Waals surface area contributed by atoms with E-state index in [0.29, 0.717) is 19.5 Å². The van der Waals surface area contributed by atoms with Crippen molar-refractivity contribution in [3.63, 3.8) is 0 Å². The summed E-state index contributed by atoms with van der Waals surface area (Å²) in [4.78, 5) is 2.05. The average Bonchev–Trinajstić information content (AvgIpc) is 2.51. The average molecular weight is 332 g/mol. The van der Waals surface area contributed by atoms with Gasteiger partial charge >= 0.3 is 6.18 Å². The molecule has 23 heavy (non-hydrogen) atoms. The van der Waals surface area contributed by atoms with Gasteiger partial charge in [-0.25, -0.2) is 4.39 Å². The molecular formula is C17H24F4N2. The summed E-state index contributed by atoms with van der Waals surface area (Å²) in [7, 11) is 0. The van der Waals surface area contributed by atoms with Crippen molar-refractivity contribution < 1.29 is 17.6 Å². The molecule has 1 aromatic carbocycles. The number of rotatable bonds is 6. The predicted octanol–water partition coefficient (Wildman–Crippen LogP) is 4.37. The van der Waals surface area contributed by atoms with E-state index in [1.807, 2.05) is 0 Å². The molecule has 0 aromatic heterocycles. The van der Waals surface area contributed by atoms with Crippen molar-refractivity contribution in [2.24, 2.45) is 0 Å². The third kappa shape index (κ3) is 4.67. The maximum Gasteiger partial charge on any atom is 0.419 e. The van der Waals surface area contributed by atoms with Gasteiger partial charge in [0.15, 0.2) is 0 Å². The maximum absolute atomic E-state index is 13.9. The quantitative estimate of drug-likeness (QED) is 0.615. The van der Waals surface area contributed by atoms with Gasteiger partial charge in [-0.05, 0) is 18.1 Å². The van der Waals surface area contributed by atoms with Crippen LogP contribution in [0.25, 0.3) is 0 Å². The highest BCUT2D eigenvalue weighted by molar-refractivity contribution is 5.34. The monoisotopic (exact) mass is 332 g/mol. The minimum absolute atomic E-state index is 0.0792. The molecule has 0 unspecified atom stereocenters. The lowest BCUT2D eigenvalue weighted by Crippen LogP contribution is -2.45. The molecule has 130 valence electrons. The van der Waals surface area contributed by atoms with Gasteiger partial charge in [0.1, 0.15) is 5.82 Å². The van der Waals surface area contributed by atoms with Crippen molar-refractivity contribution in [2.75, 3.05) is 26.2 Å². The zero-order valence-electron chi connectivity index (χ0n) is 13.4. The molecule has 1 saturated heterocycles. The molecule has 0 amide bonds. The van der Waals surface area contributed by atoms with E-state index >= 15 is 0 Å². The Labute approximate surface area is 134 Å². The van der Waals surface area contributed by atoms with Crippen LogP contribution in [0.4, 0.5) is 17.6 Å². The highest BCUT2D eigenvalue weighted by Crippen LogP contribution is 2.39. The van der Waals surface area contributed by atoms with Crippen molar-refractivity contribution in [3.05, 3.63) is 35.1 Å². The Morgan fingerprint density at radius 1 is 1.17 bits per heavy atom. The molecule has 0 radical (unpaired) electrons. The van der Waals surface area contributed by atoms with Crippen LogP contribution in [0.2, 0.25) is 0 Å². The number of benzene rings is 1. The first-order valence-corrected chi connectivity index (χ1v) is 8.25. The standard InChI is InChI=1S/C17H24F4N2/c1-2-3-4-8-15(23-11-9-22-10-12-23)13-6-5-7-14(18)16(13)17(19,20)21/h5-7,15,22H,2-4,8-12H2,1H3/t15-/m0/s1. The van der Waals surface area contributed by atoms with E-state index < -0.39 is 17.6 Å². The molecule has 1 fully saturated rings. The van der Waals surface area contributed by atoms with Gasteiger partial charge in [-0.1, -0.05) is 38.3 Å². The number of alkyl halides is 3. The molecule has 0 bridgehead atoms. The van der Waals surface area contributed by atoms with Gasteiger partial charge in [-0.15, -0.1) is 0 Å². The van der Waals surface area contributed by atoms with Crippen molar-refractivity contribution in [3.8, 4) is 0 Å². The van der Waals surface area contributed by atoms with E-state index in [1.165, 1.54) is 12.1 Å². The van der Waals surface area contributed by atoms with Gasteiger partial charge in [0.05, 0.1) is 5.56 Å². The van der Waals surface area contributed by atoms with E-state index in [9.17, 15) is 17.6 Å². The molecule has 1 aliphatic heterocycles. The minimum Gasteiger partial charge on any atom is -0.314 e. The van der Waals surface area contributed by atoms with Crippen molar-refractivity contribution in [1.82, 2.24) is 10.2 Å². The van der Waals surface area contributed by atoms with Crippen LogP contribution in [0.1, 0.15) is 49.8 Å². The summed E-state index contributed by atoms with van der Waals surface area (Å²) in [6.07, 6.45) is -1.22. The summed E-state index contributed by atoms with van der Waals surface area (Å²) < 4.78 is 54.0. The lowest BCUT2D eigenvalue weighted by Gasteiger charge is -2.36. The van der Waals surface area contributed by atoms with Gasteiger partial charge in [-0.2, -0.15) is 13.2 Å². The number of nitrogens with one attached hydrogen (secondary N) is 1. The Balaban J connectivity index is 2.35. The second-order valence-corrected chi connectivity index (χ2v) is 6.00.